The highest BCUT2D eigenvalue weighted by atomic mass is 19.4. The Labute approximate surface area is 138 Å². The fraction of sp³-hybridized carbons (Fsp3) is 0.0625. The molecule has 3 rings (SSSR count). The van der Waals surface area contributed by atoms with Gasteiger partial charge in [0.2, 0.25) is 6.41 Å². The van der Waals surface area contributed by atoms with Gasteiger partial charge in [-0.05, 0) is 36.4 Å². The highest BCUT2D eigenvalue weighted by Gasteiger charge is 2.31. The predicted octanol–water partition coefficient (Wildman–Crippen LogP) is 4.04. The van der Waals surface area contributed by atoms with Crippen LogP contribution >= 0.6 is 0 Å². The first-order chi connectivity index (χ1) is 11.9. The standard InChI is InChI=1S/C16H10F3N3O3/c17-16(18,19)10-2-1-3-12(6-10)22(9-23)15(24)21-11-4-5-14-13(7-11)20-8-25-14/h1-9H,(H,21,24). The number of benzene rings is 2. The summed E-state index contributed by atoms with van der Waals surface area (Å²) in [5.41, 5.74) is 0.126. The molecule has 2 aromatic carbocycles. The van der Waals surface area contributed by atoms with Gasteiger partial charge in [0.25, 0.3) is 0 Å². The van der Waals surface area contributed by atoms with E-state index in [4.69, 9.17) is 4.42 Å². The molecule has 9 heteroatoms. The van der Waals surface area contributed by atoms with Crippen LogP contribution in [0.15, 0.2) is 53.3 Å². The largest absolute Gasteiger partial charge is 0.443 e. The minimum absolute atomic E-state index is 0.138. The summed E-state index contributed by atoms with van der Waals surface area (Å²) in [5.74, 6) is 0. The zero-order chi connectivity index (χ0) is 18.0. The molecule has 3 aromatic rings. The van der Waals surface area contributed by atoms with Crippen molar-refractivity contribution in [3.63, 3.8) is 0 Å². The van der Waals surface area contributed by atoms with Crippen LogP contribution in [-0.2, 0) is 11.0 Å². The molecule has 0 aliphatic rings. The van der Waals surface area contributed by atoms with Crippen molar-refractivity contribution >= 4 is 34.9 Å². The number of alkyl halides is 3. The second-order valence-electron chi connectivity index (χ2n) is 4.99. The Bertz CT molecular complexity index is 937. The number of aromatic nitrogens is 1. The number of carbonyl (C=O) groups is 2. The number of urea groups is 1. The van der Waals surface area contributed by atoms with E-state index in [9.17, 15) is 22.8 Å². The van der Waals surface area contributed by atoms with Gasteiger partial charge in [-0.3, -0.25) is 4.79 Å². The number of rotatable bonds is 3. The van der Waals surface area contributed by atoms with Gasteiger partial charge in [0.15, 0.2) is 12.0 Å². The van der Waals surface area contributed by atoms with Crippen LogP contribution in [0.1, 0.15) is 5.56 Å². The Hall–Kier alpha value is -3.36. The second-order valence-corrected chi connectivity index (χ2v) is 4.99. The van der Waals surface area contributed by atoms with Gasteiger partial charge in [0, 0.05) is 5.69 Å². The summed E-state index contributed by atoms with van der Waals surface area (Å²) < 4.78 is 43.4. The smallest absolute Gasteiger partial charge is 0.416 e. The first kappa shape index (κ1) is 16.5. The Morgan fingerprint density at radius 1 is 1.20 bits per heavy atom. The minimum atomic E-state index is -4.58. The maximum atomic E-state index is 12.8. The Morgan fingerprint density at radius 3 is 2.72 bits per heavy atom. The number of nitrogens with one attached hydrogen (secondary N) is 1. The van der Waals surface area contributed by atoms with Crippen molar-refractivity contribution in [2.24, 2.45) is 0 Å². The molecule has 0 aliphatic carbocycles. The van der Waals surface area contributed by atoms with Crippen molar-refractivity contribution < 1.29 is 27.2 Å². The van der Waals surface area contributed by atoms with Crippen LogP contribution < -0.4 is 10.2 Å². The Kier molecular flexibility index (Phi) is 4.14. The number of nitrogens with zero attached hydrogens (tertiary/aromatic N) is 2. The highest BCUT2D eigenvalue weighted by molar-refractivity contribution is 6.12. The SMILES string of the molecule is O=CN(C(=O)Nc1ccc2ocnc2c1)c1cccc(C(F)(F)F)c1. The summed E-state index contributed by atoms with van der Waals surface area (Å²) in [5, 5.41) is 2.42. The van der Waals surface area contributed by atoms with Gasteiger partial charge in [-0.25, -0.2) is 14.7 Å². The first-order valence-corrected chi connectivity index (χ1v) is 6.94. The number of hydrogen-bond acceptors (Lipinski definition) is 4. The van der Waals surface area contributed by atoms with Crippen LogP contribution in [0.2, 0.25) is 0 Å². The van der Waals surface area contributed by atoms with Crippen molar-refractivity contribution in [1.82, 2.24) is 4.98 Å². The number of imide groups is 1. The van der Waals surface area contributed by atoms with Gasteiger partial charge in [-0.15, -0.1) is 0 Å². The van der Waals surface area contributed by atoms with Crippen LogP contribution in [0.5, 0.6) is 0 Å². The van der Waals surface area contributed by atoms with Crippen LogP contribution in [0.25, 0.3) is 11.1 Å². The average molecular weight is 349 g/mol. The Morgan fingerprint density at radius 2 is 2.00 bits per heavy atom. The third kappa shape index (κ3) is 3.44. The number of hydrogen-bond donors (Lipinski definition) is 1. The molecule has 0 radical (unpaired) electrons. The number of oxazole rings is 1. The summed E-state index contributed by atoms with van der Waals surface area (Å²) in [6, 6.07) is 7.59. The van der Waals surface area contributed by atoms with Crippen LogP contribution in [0.3, 0.4) is 0 Å². The van der Waals surface area contributed by atoms with Crippen molar-refractivity contribution in [3.05, 3.63) is 54.4 Å². The van der Waals surface area contributed by atoms with E-state index in [1.54, 1.807) is 6.07 Å². The molecule has 0 aliphatic heterocycles. The zero-order valence-corrected chi connectivity index (χ0v) is 12.4. The molecular formula is C16H10F3N3O3. The summed E-state index contributed by atoms with van der Waals surface area (Å²) in [6.07, 6.45) is -3.21. The molecule has 25 heavy (non-hydrogen) atoms. The van der Waals surface area contributed by atoms with Crippen molar-refractivity contribution in [2.45, 2.75) is 6.18 Å². The summed E-state index contributed by atoms with van der Waals surface area (Å²) in [4.78, 5) is 27.9. The predicted molar refractivity (Wildman–Crippen MR) is 83.0 cm³/mol. The summed E-state index contributed by atoms with van der Waals surface area (Å²) in [7, 11) is 0. The van der Waals surface area contributed by atoms with Crippen molar-refractivity contribution in [2.75, 3.05) is 10.2 Å². The second kappa shape index (κ2) is 6.27. The molecule has 1 aromatic heterocycles. The molecule has 1 N–H and O–H groups in total. The van der Waals surface area contributed by atoms with E-state index in [1.165, 1.54) is 24.6 Å². The normalized spacial score (nSPS) is 11.3. The monoisotopic (exact) mass is 349 g/mol. The number of anilines is 2. The third-order valence-electron chi connectivity index (χ3n) is 3.36. The molecule has 0 bridgehead atoms. The molecule has 1 heterocycles. The van der Waals surface area contributed by atoms with E-state index in [1.807, 2.05) is 0 Å². The average Bonchev–Trinajstić information content (AvgIpc) is 3.03. The number of fused-ring (bicyclic) bond motifs is 1. The van der Waals surface area contributed by atoms with E-state index < -0.39 is 17.8 Å². The fourth-order valence-electron chi connectivity index (χ4n) is 2.18. The minimum Gasteiger partial charge on any atom is -0.443 e. The maximum Gasteiger partial charge on any atom is 0.416 e. The first-order valence-electron chi connectivity index (χ1n) is 6.94. The van der Waals surface area contributed by atoms with Crippen molar-refractivity contribution in [3.8, 4) is 0 Å². The van der Waals surface area contributed by atoms with E-state index in [-0.39, 0.29) is 12.1 Å². The van der Waals surface area contributed by atoms with Gasteiger partial charge in [0.05, 0.1) is 11.3 Å². The molecule has 3 amide bonds. The lowest BCUT2D eigenvalue weighted by atomic mass is 10.2. The lowest BCUT2D eigenvalue weighted by Gasteiger charge is -2.18. The van der Waals surface area contributed by atoms with E-state index in [0.717, 1.165) is 18.2 Å². The van der Waals surface area contributed by atoms with E-state index >= 15 is 0 Å². The van der Waals surface area contributed by atoms with Crippen molar-refractivity contribution in [1.29, 1.82) is 0 Å². The topological polar surface area (TPSA) is 75.4 Å². The van der Waals surface area contributed by atoms with E-state index in [2.05, 4.69) is 10.3 Å². The van der Waals surface area contributed by atoms with Crippen LogP contribution in [-0.4, -0.2) is 17.4 Å². The van der Waals surface area contributed by atoms with Gasteiger partial charge >= 0.3 is 12.2 Å². The van der Waals surface area contributed by atoms with Gasteiger partial charge in [0.1, 0.15) is 5.52 Å². The number of amides is 3. The molecule has 0 unspecified atom stereocenters. The maximum absolute atomic E-state index is 12.8. The fourth-order valence-corrected chi connectivity index (χ4v) is 2.18. The Balaban J connectivity index is 1.85. The van der Waals surface area contributed by atoms with Gasteiger partial charge in [-0.1, -0.05) is 6.07 Å². The van der Waals surface area contributed by atoms with Crippen LogP contribution in [0, 0.1) is 0 Å². The number of carbonyl (C=O) groups excluding carboxylic acids is 2. The number of halogens is 3. The van der Waals surface area contributed by atoms with Gasteiger partial charge < -0.3 is 9.73 Å². The summed E-state index contributed by atoms with van der Waals surface area (Å²) in [6.45, 7) is 0. The molecular weight excluding hydrogens is 339 g/mol. The lowest BCUT2D eigenvalue weighted by molar-refractivity contribution is -0.137. The molecule has 128 valence electrons. The van der Waals surface area contributed by atoms with Crippen LogP contribution in [0.4, 0.5) is 29.3 Å². The van der Waals surface area contributed by atoms with E-state index in [0.29, 0.717) is 21.7 Å². The quantitative estimate of drug-likeness (QED) is 0.724. The zero-order valence-electron chi connectivity index (χ0n) is 12.4. The third-order valence-corrected chi connectivity index (χ3v) is 3.36. The molecule has 0 atom stereocenters. The molecule has 0 spiro atoms. The van der Waals surface area contributed by atoms with Gasteiger partial charge in [-0.2, -0.15) is 13.2 Å². The molecule has 6 nitrogen and oxygen atoms in total. The lowest BCUT2D eigenvalue weighted by Crippen LogP contribution is -2.33. The molecule has 0 saturated heterocycles. The molecule has 0 fully saturated rings. The summed E-state index contributed by atoms with van der Waals surface area (Å²) >= 11 is 0. The molecule has 0 saturated carbocycles. The highest BCUT2D eigenvalue weighted by Crippen LogP contribution is 2.31.